The normalized spacial score (nSPS) is 8.90. The molecule has 0 radical (unpaired) electrons. The molecule has 102 valence electrons. The Morgan fingerprint density at radius 1 is 0.750 bits per heavy atom. The molecule has 0 heterocycles. The Morgan fingerprint density at radius 2 is 1.20 bits per heavy atom. The lowest BCUT2D eigenvalue weighted by Gasteiger charge is -1.96. The maximum Gasteiger partial charge on any atom is 0.0610 e. The molecule has 2 aromatic rings. The van der Waals surface area contributed by atoms with Gasteiger partial charge in [0, 0.05) is 0 Å². The van der Waals surface area contributed by atoms with E-state index in [9.17, 15) is 0 Å². The van der Waals surface area contributed by atoms with Gasteiger partial charge in [-0.3, -0.25) is 0 Å². The van der Waals surface area contributed by atoms with E-state index in [4.69, 9.17) is 0 Å². The van der Waals surface area contributed by atoms with Crippen LogP contribution in [0, 0.1) is 0 Å². The van der Waals surface area contributed by atoms with Crippen LogP contribution in [0.25, 0.3) is 18.2 Å². The minimum Gasteiger partial charge on any atom is -0.0984 e. The molecule has 0 aliphatic rings. The molecule has 2 rings (SSSR count). The number of hydrogen-bond acceptors (Lipinski definition) is 0. The summed E-state index contributed by atoms with van der Waals surface area (Å²) in [4.78, 5) is 0. The third kappa shape index (κ3) is 6.18. The SMILES string of the molecule is BrC(Br)=Cc1ccccc1.C=Cc1ccccc1C=C. The van der Waals surface area contributed by atoms with Gasteiger partial charge in [-0.2, -0.15) is 0 Å². The molecular formula is C18H16Br2. The van der Waals surface area contributed by atoms with Crippen molar-refractivity contribution in [2.24, 2.45) is 0 Å². The number of rotatable bonds is 3. The molecule has 0 amide bonds. The maximum atomic E-state index is 3.69. The average molecular weight is 392 g/mol. The molecule has 0 spiro atoms. The molecule has 0 N–H and O–H groups in total. The molecule has 0 aromatic heterocycles. The zero-order valence-corrected chi connectivity index (χ0v) is 14.3. The molecule has 0 atom stereocenters. The second-order valence-electron chi connectivity index (χ2n) is 3.88. The molecule has 0 bridgehead atoms. The van der Waals surface area contributed by atoms with Crippen molar-refractivity contribution in [3.05, 3.63) is 87.8 Å². The van der Waals surface area contributed by atoms with Gasteiger partial charge in [0.15, 0.2) is 0 Å². The quantitative estimate of drug-likeness (QED) is 0.542. The van der Waals surface area contributed by atoms with Gasteiger partial charge >= 0.3 is 0 Å². The van der Waals surface area contributed by atoms with Crippen LogP contribution in [0.2, 0.25) is 0 Å². The molecule has 2 aromatic carbocycles. The van der Waals surface area contributed by atoms with Crippen molar-refractivity contribution in [3.8, 4) is 0 Å². The first-order chi connectivity index (χ1) is 9.67. The lowest BCUT2D eigenvalue weighted by molar-refractivity contribution is 1.62. The summed E-state index contributed by atoms with van der Waals surface area (Å²) in [6, 6.07) is 18.1. The minimum atomic E-state index is 0.964. The van der Waals surface area contributed by atoms with Crippen molar-refractivity contribution in [3.63, 3.8) is 0 Å². The Kier molecular flexibility index (Phi) is 7.93. The first-order valence-electron chi connectivity index (χ1n) is 6.09. The van der Waals surface area contributed by atoms with E-state index in [0.717, 1.165) is 14.5 Å². The molecule has 0 saturated heterocycles. The van der Waals surface area contributed by atoms with Crippen molar-refractivity contribution in [1.82, 2.24) is 0 Å². The van der Waals surface area contributed by atoms with Crippen LogP contribution in [-0.2, 0) is 0 Å². The second kappa shape index (κ2) is 9.51. The highest BCUT2D eigenvalue weighted by atomic mass is 79.9. The van der Waals surface area contributed by atoms with Crippen LogP contribution in [0.4, 0.5) is 0 Å². The van der Waals surface area contributed by atoms with Gasteiger partial charge in [-0.1, -0.05) is 79.9 Å². The molecule has 0 unspecified atom stereocenters. The molecule has 0 aliphatic heterocycles. The van der Waals surface area contributed by atoms with E-state index < -0.39 is 0 Å². The van der Waals surface area contributed by atoms with Crippen molar-refractivity contribution in [2.75, 3.05) is 0 Å². The van der Waals surface area contributed by atoms with Crippen LogP contribution in [0.15, 0.2) is 71.1 Å². The standard InChI is InChI=1S/C10H10.C8H6Br2/c1-3-9-7-5-6-8-10(9)4-2;9-8(10)6-7-4-2-1-3-5-7/h3-8H,1-2H2;1-6H. The maximum absolute atomic E-state index is 3.69. The van der Waals surface area contributed by atoms with E-state index in [0.29, 0.717) is 0 Å². The molecule has 0 aliphatic carbocycles. The Labute approximate surface area is 137 Å². The molecule has 0 nitrogen and oxygen atoms in total. The lowest BCUT2D eigenvalue weighted by Crippen LogP contribution is -1.76. The predicted molar refractivity (Wildman–Crippen MR) is 98.9 cm³/mol. The fraction of sp³-hybridized carbons (Fsp3) is 0. The van der Waals surface area contributed by atoms with Gasteiger partial charge in [-0.15, -0.1) is 0 Å². The Hall–Kier alpha value is -1.38. The Morgan fingerprint density at radius 3 is 1.60 bits per heavy atom. The molecule has 20 heavy (non-hydrogen) atoms. The van der Waals surface area contributed by atoms with E-state index >= 15 is 0 Å². The van der Waals surface area contributed by atoms with E-state index in [1.807, 2.05) is 72.8 Å². The smallest absolute Gasteiger partial charge is 0.0610 e. The van der Waals surface area contributed by atoms with E-state index in [2.05, 4.69) is 45.0 Å². The van der Waals surface area contributed by atoms with Gasteiger partial charge in [0.25, 0.3) is 0 Å². The highest BCUT2D eigenvalue weighted by Crippen LogP contribution is 2.17. The van der Waals surface area contributed by atoms with Crippen LogP contribution < -0.4 is 0 Å². The highest BCUT2D eigenvalue weighted by Gasteiger charge is 1.89. The van der Waals surface area contributed by atoms with Gasteiger partial charge in [0.1, 0.15) is 0 Å². The van der Waals surface area contributed by atoms with Crippen LogP contribution >= 0.6 is 31.9 Å². The Bertz CT molecular complexity index is 552. The Balaban J connectivity index is 0.000000200. The van der Waals surface area contributed by atoms with Gasteiger partial charge in [0.05, 0.1) is 3.39 Å². The predicted octanol–water partition coefficient (Wildman–Crippen LogP) is 6.75. The summed E-state index contributed by atoms with van der Waals surface area (Å²) in [5, 5.41) is 0. The summed E-state index contributed by atoms with van der Waals surface area (Å²) in [5.74, 6) is 0. The minimum absolute atomic E-state index is 0.964. The molecule has 0 fully saturated rings. The summed E-state index contributed by atoms with van der Waals surface area (Å²) in [6.45, 7) is 7.38. The summed E-state index contributed by atoms with van der Waals surface area (Å²) in [6.07, 6.45) is 5.66. The average Bonchev–Trinajstić information content (AvgIpc) is 2.48. The van der Waals surface area contributed by atoms with Gasteiger partial charge < -0.3 is 0 Å². The summed E-state index contributed by atoms with van der Waals surface area (Å²) < 4.78 is 0.964. The third-order valence-electron chi connectivity index (χ3n) is 2.51. The second-order valence-corrected chi connectivity index (χ2v) is 6.65. The highest BCUT2D eigenvalue weighted by molar-refractivity contribution is 9.28. The number of hydrogen-bond donors (Lipinski definition) is 0. The van der Waals surface area contributed by atoms with Gasteiger partial charge in [-0.25, -0.2) is 0 Å². The fourth-order valence-corrected chi connectivity index (χ4v) is 2.09. The number of halogens is 2. The first kappa shape index (κ1) is 16.7. The fourth-order valence-electron chi connectivity index (χ4n) is 1.56. The van der Waals surface area contributed by atoms with Gasteiger partial charge in [0.2, 0.25) is 0 Å². The largest absolute Gasteiger partial charge is 0.0984 e. The monoisotopic (exact) mass is 390 g/mol. The van der Waals surface area contributed by atoms with Crippen LogP contribution in [0.3, 0.4) is 0 Å². The summed E-state index contributed by atoms with van der Waals surface area (Å²) in [7, 11) is 0. The summed E-state index contributed by atoms with van der Waals surface area (Å²) >= 11 is 6.58. The zero-order chi connectivity index (χ0) is 14.8. The zero-order valence-electron chi connectivity index (χ0n) is 11.1. The van der Waals surface area contributed by atoms with Crippen LogP contribution in [0.5, 0.6) is 0 Å². The van der Waals surface area contributed by atoms with Crippen LogP contribution in [-0.4, -0.2) is 0 Å². The molecule has 2 heteroatoms. The van der Waals surface area contributed by atoms with Crippen molar-refractivity contribution < 1.29 is 0 Å². The third-order valence-corrected chi connectivity index (χ3v) is 2.97. The van der Waals surface area contributed by atoms with Gasteiger partial charge in [-0.05, 0) is 54.6 Å². The van der Waals surface area contributed by atoms with Crippen LogP contribution in [0.1, 0.15) is 16.7 Å². The molecular weight excluding hydrogens is 376 g/mol. The first-order valence-corrected chi connectivity index (χ1v) is 7.67. The lowest BCUT2D eigenvalue weighted by atomic mass is 10.1. The van der Waals surface area contributed by atoms with E-state index in [-0.39, 0.29) is 0 Å². The van der Waals surface area contributed by atoms with Crippen molar-refractivity contribution >= 4 is 50.1 Å². The van der Waals surface area contributed by atoms with E-state index in [1.54, 1.807) is 0 Å². The van der Waals surface area contributed by atoms with Crippen molar-refractivity contribution in [2.45, 2.75) is 0 Å². The summed E-state index contributed by atoms with van der Waals surface area (Å²) in [5.41, 5.74) is 3.46. The topological polar surface area (TPSA) is 0 Å². The number of benzene rings is 2. The van der Waals surface area contributed by atoms with E-state index in [1.165, 1.54) is 5.56 Å². The molecule has 0 saturated carbocycles. The van der Waals surface area contributed by atoms with Crippen molar-refractivity contribution in [1.29, 1.82) is 0 Å².